The van der Waals surface area contributed by atoms with Gasteiger partial charge in [0.1, 0.15) is 42.9 Å². The Labute approximate surface area is 328 Å². The average molecular weight is 874 g/mol. The van der Waals surface area contributed by atoms with E-state index in [9.17, 15) is 38.3 Å². The Morgan fingerprint density at radius 3 is 2.05 bits per heavy atom. The molecular weight excluding hydrogens is 832 g/mol. The van der Waals surface area contributed by atoms with Gasteiger partial charge in [-0.05, 0) is 11.8 Å². The molecule has 2 aromatic rings. The minimum atomic E-state index is -5.69. The predicted octanol–water partition coefficient (Wildman–Crippen LogP) is -0.282. The number of nitrogen functional groups attached to an aromatic ring is 1. The monoisotopic (exact) mass is 873 g/mol. The highest BCUT2D eigenvalue weighted by atomic mass is 32.5. The Kier molecular flexibility index (Phi) is 15.6. The van der Waals surface area contributed by atoms with Crippen LogP contribution < -0.4 is 5.73 Å². The third kappa shape index (κ3) is 11.9. The van der Waals surface area contributed by atoms with Gasteiger partial charge in [0.25, 0.3) is 0 Å². The van der Waals surface area contributed by atoms with E-state index in [1.54, 1.807) is 0 Å². The van der Waals surface area contributed by atoms with Crippen LogP contribution in [0.5, 0.6) is 0 Å². The molecule has 0 spiro atoms. The zero-order valence-electron chi connectivity index (χ0n) is 31.3. The largest absolute Gasteiger partial charge is 0.481 e. The zero-order chi connectivity index (χ0) is 42.4. The maximum atomic E-state index is 13.5. The highest BCUT2D eigenvalue weighted by molar-refractivity contribution is 8.08. The van der Waals surface area contributed by atoms with Crippen LogP contribution in [-0.2, 0) is 96.3 Å². The fourth-order valence-electron chi connectivity index (χ4n) is 5.93. The zero-order valence-corrected chi connectivity index (χ0v) is 33.9. The Balaban J connectivity index is 1.59. The molecule has 4 N–H and O–H groups in total. The third-order valence-corrected chi connectivity index (χ3v) is 11.4. The van der Waals surface area contributed by atoms with Crippen LogP contribution in [0.1, 0.15) is 40.8 Å². The van der Waals surface area contributed by atoms with Crippen molar-refractivity contribution in [2.24, 2.45) is 0 Å². The highest BCUT2D eigenvalue weighted by Crippen LogP contribution is 2.62. The van der Waals surface area contributed by atoms with Crippen LogP contribution in [0.15, 0.2) is 12.7 Å². The number of methoxy groups -OCH3 is 2. The van der Waals surface area contributed by atoms with Crippen molar-refractivity contribution in [2.45, 2.75) is 96.0 Å². The first-order valence-electron chi connectivity index (χ1n) is 16.5. The maximum Gasteiger partial charge on any atom is 0.481 e. The number of anilines is 1. The summed E-state index contributed by atoms with van der Waals surface area (Å²) in [5, 5.41) is 0. The second kappa shape index (κ2) is 19.3. The molecule has 4 rings (SSSR count). The number of fused-ring (bicyclic) bond motifs is 1. The van der Waals surface area contributed by atoms with Crippen molar-refractivity contribution in [1.29, 1.82) is 0 Å². The molecule has 0 saturated carbocycles. The van der Waals surface area contributed by atoms with Gasteiger partial charge < -0.3 is 62.7 Å². The van der Waals surface area contributed by atoms with E-state index >= 15 is 0 Å². The molecule has 12 atom stereocenters. The van der Waals surface area contributed by atoms with E-state index < -0.39 is 119 Å². The summed E-state index contributed by atoms with van der Waals surface area (Å²) in [6.07, 6.45) is -12.7. The number of nitrogens with two attached hydrogens (primary N) is 1. The Hall–Kier alpha value is -3.78. The average Bonchev–Trinajstić information content (AvgIpc) is 3.68. The Morgan fingerprint density at radius 1 is 0.860 bits per heavy atom. The number of imidazole rings is 1. The van der Waals surface area contributed by atoms with E-state index in [1.807, 2.05) is 0 Å². The summed E-state index contributed by atoms with van der Waals surface area (Å²) >= 11 is 5.01. The normalized spacial score (nSPS) is 28.7. The number of hydrogen-bond donors (Lipinski definition) is 3. The van der Waals surface area contributed by atoms with E-state index in [0.717, 1.165) is 34.6 Å². The fourth-order valence-corrected chi connectivity index (χ4v) is 9.02. The lowest BCUT2D eigenvalue weighted by molar-refractivity contribution is -0.301. The van der Waals surface area contributed by atoms with E-state index in [2.05, 4.69) is 15.0 Å². The van der Waals surface area contributed by atoms with Crippen LogP contribution >= 0.6 is 14.5 Å². The van der Waals surface area contributed by atoms with E-state index in [-0.39, 0.29) is 11.3 Å². The predicted molar refractivity (Wildman–Crippen MR) is 187 cm³/mol. The number of phosphoric acid groups is 1. The van der Waals surface area contributed by atoms with Crippen LogP contribution in [-0.4, -0.2) is 142 Å². The molecule has 0 aliphatic carbocycles. The summed E-state index contributed by atoms with van der Waals surface area (Å²) in [6, 6.07) is 0. The highest BCUT2D eigenvalue weighted by Gasteiger charge is 2.57. The molecule has 0 bridgehead atoms. The van der Waals surface area contributed by atoms with E-state index in [0.29, 0.717) is 5.65 Å². The molecule has 57 heavy (non-hydrogen) atoms. The number of ether oxygens (including phenoxy) is 9. The molecule has 0 radical (unpaired) electrons. The molecule has 0 amide bonds. The lowest BCUT2D eigenvalue weighted by Gasteiger charge is -2.45. The van der Waals surface area contributed by atoms with Crippen LogP contribution in [0.4, 0.5) is 5.82 Å². The van der Waals surface area contributed by atoms with Crippen molar-refractivity contribution in [3.8, 4) is 0 Å². The van der Waals surface area contributed by atoms with E-state index in [1.165, 1.54) is 31.4 Å². The first-order valence-corrected chi connectivity index (χ1v) is 20.6. The number of rotatable bonds is 17. The van der Waals surface area contributed by atoms with Crippen LogP contribution in [0.3, 0.4) is 0 Å². The second-order valence-corrected chi connectivity index (χ2v) is 16.5. The number of esters is 5. The third-order valence-electron chi connectivity index (χ3n) is 7.91. The summed E-state index contributed by atoms with van der Waals surface area (Å²) in [5.41, 5.74) is 6.48. The fraction of sp³-hybridized carbons (Fsp3) is 0.655. The lowest BCUT2D eigenvalue weighted by Crippen LogP contribution is -2.65. The maximum absolute atomic E-state index is 13.5. The summed E-state index contributed by atoms with van der Waals surface area (Å²) < 4.78 is 79.6. The SMILES string of the molecule is CO[C@@H]1[C@H](OC)[C@@H](COP(O)(=S)OP(=O)(O)OC2OC([C@@H](COC(C)=O)OC(C)=O)C(OC(C)=O)C(OC(C)=O)C2OC(C)=O)O[C@H]1n1cnc2c(N)ncnc21. The standard InChI is InChI=1S/C29H41N5O20P2S/c1-12(35)45-8-17(47-13(2)36)21-22(48-14(3)37)23(49-15(4)38)25(50-16(5)39)29(52-21)53-55(40,41)54-56(42,57)46-9-18-20(43-6)24(44-7)28(51-18)34-11-33-19-26(30)31-10-32-27(19)34/h10-11,17-18,20-25,28-29H,8-9H2,1-7H3,(H,40,41)(H,42,57)(H2,30,31,32)/t17-,18-,20-,21?,22?,23?,24-,25?,28-,29?,56?/m1/s1. The molecule has 7 unspecified atom stereocenters. The lowest BCUT2D eigenvalue weighted by atomic mass is 9.94. The van der Waals surface area contributed by atoms with Gasteiger partial charge in [-0.15, -0.1) is 0 Å². The van der Waals surface area contributed by atoms with Gasteiger partial charge in [-0.25, -0.2) is 23.8 Å². The van der Waals surface area contributed by atoms with Crippen molar-refractivity contribution in [3.63, 3.8) is 0 Å². The number of phosphoric ester groups is 1. The van der Waals surface area contributed by atoms with Gasteiger partial charge in [0.15, 0.2) is 42.1 Å². The smallest absolute Gasteiger partial charge is 0.462 e. The number of carbonyl (C=O) groups excluding carboxylic acids is 5. The van der Waals surface area contributed by atoms with Crippen LogP contribution in [0, 0.1) is 0 Å². The van der Waals surface area contributed by atoms with Gasteiger partial charge in [-0.1, -0.05) is 0 Å². The summed E-state index contributed by atoms with van der Waals surface area (Å²) in [7, 11) is -2.98. The molecular formula is C29H41N5O20P2S. The topological polar surface area (TPSA) is 323 Å². The van der Waals surface area contributed by atoms with Crippen molar-refractivity contribution in [2.75, 3.05) is 33.2 Å². The minimum Gasteiger partial charge on any atom is -0.462 e. The van der Waals surface area contributed by atoms with Gasteiger partial charge in [-0.3, -0.25) is 33.1 Å². The van der Waals surface area contributed by atoms with E-state index in [4.69, 9.17) is 73.5 Å². The number of hydrogen-bond acceptors (Lipinski definition) is 23. The first kappa shape index (κ1) is 45.9. The van der Waals surface area contributed by atoms with Crippen molar-refractivity contribution in [1.82, 2.24) is 19.5 Å². The molecule has 2 saturated heterocycles. The Morgan fingerprint density at radius 2 is 1.47 bits per heavy atom. The first-order chi connectivity index (χ1) is 26.7. The van der Waals surface area contributed by atoms with Gasteiger partial charge in [0.05, 0.1) is 12.9 Å². The minimum absolute atomic E-state index is 0.105. The Bertz CT molecular complexity index is 1900. The van der Waals surface area contributed by atoms with Crippen molar-refractivity contribution in [3.05, 3.63) is 12.7 Å². The molecule has 0 aromatic carbocycles. The van der Waals surface area contributed by atoms with Gasteiger partial charge >= 0.3 is 44.4 Å². The quantitative estimate of drug-likeness (QED) is 0.104. The van der Waals surface area contributed by atoms with Gasteiger partial charge in [-0.2, -0.15) is 0 Å². The molecule has 4 heterocycles. The number of nitrogens with zero attached hydrogens (tertiary/aromatic N) is 4. The van der Waals surface area contributed by atoms with Crippen LogP contribution in [0.25, 0.3) is 11.2 Å². The molecule has 2 aliphatic heterocycles. The molecule has 318 valence electrons. The van der Waals surface area contributed by atoms with Crippen molar-refractivity contribution >= 4 is 73.2 Å². The number of carbonyl (C=O) groups is 5. The molecule has 2 fully saturated rings. The molecule has 25 nitrogen and oxygen atoms in total. The molecule has 2 aromatic heterocycles. The summed E-state index contributed by atoms with van der Waals surface area (Å²) in [5.74, 6) is -4.82. The van der Waals surface area contributed by atoms with Crippen LogP contribution in [0.2, 0.25) is 0 Å². The molecule has 2 aliphatic rings. The number of aromatic nitrogens is 4. The van der Waals surface area contributed by atoms with Gasteiger partial charge in [0, 0.05) is 48.8 Å². The molecule has 28 heteroatoms. The second-order valence-electron chi connectivity index (χ2n) is 12.1. The summed E-state index contributed by atoms with van der Waals surface area (Å²) in [4.78, 5) is 94.7. The summed E-state index contributed by atoms with van der Waals surface area (Å²) in [6.45, 7) is -1.38. The van der Waals surface area contributed by atoms with Gasteiger partial charge in [0.2, 0.25) is 6.29 Å². The van der Waals surface area contributed by atoms with Crippen molar-refractivity contribution < 1.29 is 94.3 Å².